The first-order valence-corrected chi connectivity index (χ1v) is 9.31. The van der Waals surface area contributed by atoms with Crippen LogP contribution >= 0.6 is 11.3 Å². The molecule has 0 radical (unpaired) electrons. The predicted molar refractivity (Wildman–Crippen MR) is 101 cm³/mol. The van der Waals surface area contributed by atoms with Crippen molar-refractivity contribution in [1.82, 2.24) is 24.5 Å². The fourth-order valence-electron chi connectivity index (χ4n) is 2.86. The van der Waals surface area contributed by atoms with Crippen LogP contribution in [-0.2, 0) is 16.1 Å². The smallest absolute Gasteiger partial charge is 0.352 e. The second kappa shape index (κ2) is 7.16. The zero-order valence-corrected chi connectivity index (χ0v) is 16.4. The molecule has 0 bridgehead atoms. The Morgan fingerprint density at radius 3 is 2.73 bits per heavy atom. The molecule has 0 spiro atoms. The predicted octanol–water partition coefficient (Wildman–Crippen LogP) is 1.61. The summed E-state index contributed by atoms with van der Waals surface area (Å²) in [6.07, 6.45) is 0. The number of nitrogens with zero attached hydrogens (tertiary/aromatic N) is 4. The van der Waals surface area contributed by atoms with Crippen LogP contribution in [0.2, 0.25) is 0 Å². The average Bonchev–Trinajstić information content (AvgIpc) is 3.04. The summed E-state index contributed by atoms with van der Waals surface area (Å²) in [6, 6.07) is 0. The molecule has 0 saturated carbocycles. The largest absolute Gasteiger partial charge is 0.383 e. The maximum Gasteiger partial charge on any atom is 0.352 e. The van der Waals surface area contributed by atoms with Gasteiger partial charge in [0.1, 0.15) is 17.2 Å². The second-order valence-corrected chi connectivity index (χ2v) is 7.73. The highest BCUT2D eigenvalue weighted by molar-refractivity contribution is 7.18. The number of methoxy groups -OCH3 is 1. The van der Waals surface area contributed by atoms with Crippen LogP contribution in [0.3, 0.4) is 0 Å². The highest BCUT2D eigenvalue weighted by Crippen LogP contribution is 2.32. The molecule has 0 fully saturated rings. The Bertz CT molecular complexity index is 1030. The van der Waals surface area contributed by atoms with Crippen LogP contribution in [0.5, 0.6) is 0 Å². The molecule has 8 nitrogen and oxygen atoms in total. The minimum Gasteiger partial charge on any atom is -0.383 e. The third-order valence-corrected chi connectivity index (χ3v) is 5.41. The molecule has 0 aromatic carbocycles. The van der Waals surface area contributed by atoms with E-state index in [-0.39, 0.29) is 24.1 Å². The lowest BCUT2D eigenvalue weighted by molar-refractivity contribution is -0.122. The molecule has 3 rings (SSSR count). The van der Waals surface area contributed by atoms with Crippen molar-refractivity contribution in [1.29, 1.82) is 0 Å². The van der Waals surface area contributed by atoms with E-state index in [0.29, 0.717) is 24.6 Å². The Morgan fingerprint density at radius 2 is 2.08 bits per heavy atom. The summed E-state index contributed by atoms with van der Waals surface area (Å²) in [5, 5.41) is 8.06. The van der Waals surface area contributed by atoms with Gasteiger partial charge in [-0.1, -0.05) is 13.8 Å². The topological polar surface area (TPSA) is 90.5 Å². The maximum absolute atomic E-state index is 12.9. The number of thiophene rings is 1. The Balaban J connectivity index is 2.14. The van der Waals surface area contributed by atoms with Crippen LogP contribution < -0.4 is 11.0 Å². The number of amides is 1. The average molecular weight is 377 g/mol. The van der Waals surface area contributed by atoms with E-state index in [1.165, 1.54) is 9.08 Å². The lowest BCUT2D eigenvalue weighted by Crippen LogP contribution is -2.34. The fourth-order valence-corrected chi connectivity index (χ4v) is 3.89. The molecule has 0 aliphatic heterocycles. The Labute approximate surface area is 154 Å². The molecule has 0 aliphatic rings. The molecule has 0 unspecified atom stereocenters. The highest BCUT2D eigenvalue weighted by atomic mass is 32.1. The molecule has 0 aliphatic carbocycles. The van der Waals surface area contributed by atoms with E-state index in [0.717, 1.165) is 20.7 Å². The standard InChI is InChI=1S/C17H23N5O3S/c1-9(2)14-19-16-13(10(3)11(4)26-16)15-20-21(17(24)22(14)15)8-12(23)18-6-7-25-5/h9H,6-8H2,1-5H3,(H,18,23). The first-order chi connectivity index (χ1) is 12.3. The number of hydrogen-bond acceptors (Lipinski definition) is 6. The monoisotopic (exact) mass is 377 g/mol. The summed E-state index contributed by atoms with van der Waals surface area (Å²) in [7, 11) is 1.57. The first-order valence-electron chi connectivity index (χ1n) is 8.50. The minimum absolute atomic E-state index is 0.0514. The van der Waals surface area contributed by atoms with Crippen molar-refractivity contribution in [3.8, 4) is 0 Å². The van der Waals surface area contributed by atoms with Crippen molar-refractivity contribution >= 4 is 33.1 Å². The molecule has 3 aromatic rings. The Kier molecular flexibility index (Phi) is 5.10. The first kappa shape index (κ1) is 18.5. The SMILES string of the molecule is COCCNC(=O)Cn1nc2c3c(C)c(C)sc3nc(C(C)C)n2c1=O. The molecular formula is C17H23N5O3S. The maximum atomic E-state index is 12.9. The normalized spacial score (nSPS) is 11.8. The van der Waals surface area contributed by atoms with Crippen molar-refractivity contribution < 1.29 is 9.53 Å². The molecule has 1 amide bonds. The zero-order chi connectivity index (χ0) is 19.0. The molecular weight excluding hydrogens is 354 g/mol. The highest BCUT2D eigenvalue weighted by Gasteiger charge is 2.21. The summed E-state index contributed by atoms with van der Waals surface area (Å²) >= 11 is 1.60. The van der Waals surface area contributed by atoms with Crippen molar-refractivity contribution in [2.75, 3.05) is 20.3 Å². The lowest BCUT2D eigenvalue weighted by atomic mass is 10.2. The van der Waals surface area contributed by atoms with E-state index in [4.69, 9.17) is 9.72 Å². The van der Waals surface area contributed by atoms with Crippen molar-refractivity contribution in [3.63, 3.8) is 0 Å². The number of nitrogens with one attached hydrogen (secondary N) is 1. The van der Waals surface area contributed by atoms with Crippen LogP contribution in [-0.4, -0.2) is 45.3 Å². The van der Waals surface area contributed by atoms with E-state index in [2.05, 4.69) is 10.4 Å². The van der Waals surface area contributed by atoms with Gasteiger partial charge >= 0.3 is 5.69 Å². The number of carbonyl (C=O) groups excluding carboxylic acids is 1. The van der Waals surface area contributed by atoms with Crippen LogP contribution in [0, 0.1) is 13.8 Å². The van der Waals surface area contributed by atoms with Gasteiger partial charge in [0.2, 0.25) is 5.91 Å². The zero-order valence-electron chi connectivity index (χ0n) is 15.6. The van der Waals surface area contributed by atoms with Crippen LogP contribution in [0.1, 0.15) is 36.0 Å². The molecule has 9 heteroatoms. The summed E-state index contributed by atoms with van der Waals surface area (Å²) in [5.74, 6) is 0.432. The van der Waals surface area contributed by atoms with Gasteiger partial charge in [-0.15, -0.1) is 16.4 Å². The number of aromatic nitrogens is 4. The Morgan fingerprint density at radius 1 is 1.35 bits per heavy atom. The number of rotatable bonds is 6. The lowest BCUT2D eigenvalue weighted by Gasteiger charge is -2.07. The van der Waals surface area contributed by atoms with Gasteiger partial charge in [-0.3, -0.25) is 4.79 Å². The van der Waals surface area contributed by atoms with E-state index in [1.54, 1.807) is 18.4 Å². The van der Waals surface area contributed by atoms with E-state index < -0.39 is 0 Å². The second-order valence-electron chi connectivity index (χ2n) is 6.53. The van der Waals surface area contributed by atoms with Crippen molar-refractivity contribution in [2.24, 2.45) is 0 Å². The number of hydrogen-bond donors (Lipinski definition) is 1. The van der Waals surface area contributed by atoms with Crippen LogP contribution in [0.15, 0.2) is 4.79 Å². The van der Waals surface area contributed by atoms with Crippen molar-refractivity contribution in [3.05, 3.63) is 26.7 Å². The fraction of sp³-hybridized carbons (Fsp3) is 0.529. The van der Waals surface area contributed by atoms with Gasteiger partial charge in [-0.05, 0) is 19.4 Å². The molecule has 3 heterocycles. The number of carbonyl (C=O) groups is 1. The molecule has 26 heavy (non-hydrogen) atoms. The number of ether oxygens (including phenoxy) is 1. The van der Waals surface area contributed by atoms with E-state index in [1.807, 2.05) is 27.7 Å². The summed E-state index contributed by atoms with van der Waals surface area (Å²) in [6.45, 7) is 8.69. The molecule has 0 saturated heterocycles. The summed E-state index contributed by atoms with van der Waals surface area (Å²) in [4.78, 5) is 31.7. The van der Waals surface area contributed by atoms with Gasteiger partial charge in [0, 0.05) is 24.4 Å². The van der Waals surface area contributed by atoms with Crippen molar-refractivity contribution in [2.45, 2.75) is 40.2 Å². The molecule has 1 N–H and O–H groups in total. The molecule has 0 atom stereocenters. The summed E-state index contributed by atoms with van der Waals surface area (Å²) in [5.41, 5.74) is 1.29. The van der Waals surface area contributed by atoms with Gasteiger partial charge in [-0.2, -0.15) is 0 Å². The molecule has 140 valence electrons. The van der Waals surface area contributed by atoms with Gasteiger partial charge in [0.05, 0.1) is 12.0 Å². The van der Waals surface area contributed by atoms with Crippen LogP contribution in [0.25, 0.3) is 15.9 Å². The summed E-state index contributed by atoms with van der Waals surface area (Å²) < 4.78 is 7.65. The van der Waals surface area contributed by atoms with Gasteiger partial charge in [0.15, 0.2) is 5.65 Å². The third kappa shape index (κ3) is 3.12. The minimum atomic E-state index is -0.344. The van der Waals surface area contributed by atoms with Gasteiger partial charge in [0.25, 0.3) is 0 Å². The van der Waals surface area contributed by atoms with E-state index in [9.17, 15) is 9.59 Å². The van der Waals surface area contributed by atoms with E-state index >= 15 is 0 Å². The number of fused-ring (bicyclic) bond motifs is 3. The third-order valence-electron chi connectivity index (χ3n) is 4.31. The Hall–Kier alpha value is -2.26. The quantitative estimate of drug-likeness (QED) is 0.659. The van der Waals surface area contributed by atoms with Gasteiger partial charge < -0.3 is 10.1 Å². The number of aryl methyl sites for hydroxylation is 2. The van der Waals surface area contributed by atoms with Crippen LogP contribution in [0.4, 0.5) is 0 Å². The molecule has 3 aromatic heterocycles. The van der Waals surface area contributed by atoms with Gasteiger partial charge in [-0.25, -0.2) is 18.9 Å².